The van der Waals surface area contributed by atoms with E-state index in [2.05, 4.69) is 17.6 Å². The lowest BCUT2D eigenvalue weighted by Crippen LogP contribution is -2.37. The first-order valence-corrected chi connectivity index (χ1v) is 12.4. The Kier molecular flexibility index (Phi) is 9.71. The molecule has 0 aliphatic rings. The zero-order valence-electron chi connectivity index (χ0n) is 21.1. The van der Waals surface area contributed by atoms with E-state index in [4.69, 9.17) is 0 Å². The second kappa shape index (κ2) is 12.9. The third-order valence-corrected chi connectivity index (χ3v) is 5.88. The number of hydrogen-bond acceptors (Lipinski definition) is 2. The number of hydrogen-bond donors (Lipinski definition) is 2. The van der Waals surface area contributed by atoms with Crippen molar-refractivity contribution in [2.75, 3.05) is 23.3 Å². The van der Waals surface area contributed by atoms with Gasteiger partial charge in [0, 0.05) is 30.0 Å². The summed E-state index contributed by atoms with van der Waals surface area (Å²) in [7, 11) is 0. The molecule has 0 aliphatic carbocycles. The smallest absolute Gasteiger partial charge is 0.352 e. The van der Waals surface area contributed by atoms with Gasteiger partial charge in [-0.25, -0.2) is 4.79 Å². The molecule has 3 rings (SSSR count). The number of alkyl halides is 3. The number of unbranched alkanes of at least 4 members (excludes halogenated alkanes) is 1. The summed E-state index contributed by atoms with van der Waals surface area (Å²) in [6, 6.07) is 18.7. The summed E-state index contributed by atoms with van der Waals surface area (Å²) in [5.74, 6) is -0.239. The quantitative estimate of drug-likeness (QED) is 0.283. The van der Waals surface area contributed by atoms with Crippen LogP contribution < -0.4 is 15.5 Å². The van der Waals surface area contributed by atoms with Crippen molar-refractivity contribution in [2.24, 2.45) is 0 Å². The number of benzene rings is 3. The number of nitrogens with one attached hydrogen (secondary N) is 2. The molecule has 3 amide bonds. The SMILES string of the molecule is CCCCc1ccc(C(=O)NCCCN(C(=O)Nc2cccc(C)c2)c2cccc(C(F)(F)F)c2)cc1. The second-order valence-corrected chi connectivity index (χ2v) is 8.91. The van der Waals surface area contributed by atoms with Crippen LogP contribution in [0.25, 0.3) is 0 Å². The molecule has 0 fully saturated rings. The summed E-state index contributed by atoms with van der Waals surface area (Å²) in [6.07, 6.45) is -1.03. The predicted octanol–water partition coefficient (Wildman–Crippen LogP) is 7.22. The van der Waals surface area contributed by atoms with Gasteiger partial charge < -0.3 is 10.6 Å². The van der Waals surface area contributed by atoms with Crippen LogP contribution in [0.15, 0.2) is 72.8 Å². The molecule has 0 saturated carbocycles. The topological polar surface area (TPSA) is 61.4 Å². The fourth-order valence-corrected chi connectivity index (χ4v) is 3.86. The van der Waals surface area contributed by atoms with Gasteiger partial charge in [-0.1, -0.05) is 43.7 Å². The van der Waals surface area contributed by atoms with Crippen molar-refractivity contribution in [1.29, 1.82) is 0 Å². The molecule has 8 heteroatoms. The fourth-order valence-electron chi connectivity index (χ4n) is 3.86. The summed E-state index contributed by atoms with van der Waals surface area (Å²) >= 11 is 0. The van der Waals surface area contributed by atoms with Crippen LogP contribution in [0.5, 0.6) is 0 Å². The Morgan fingerprint density at radius 1 is 0.919 bits per heavy atom. The molecular formula is C29H32F3N3O2. The molecule has 0 radical (unpaired) electrons. The van der Waals surface area contributed by atoms with Crippen LogP contribution in [0.2, 0.25) is 0 Å². The van der Waals surface area contributed by atoms with Gasteiger partial charge >= 0.3 is 12.2 Å². The van der Waals surface area contributed by atoms with Gasteiger partial charge in [-0.2, -0.15) is 13.2 Å². The van der Waals surface area contributed by atoms with Gasteiger partial charge in [0.2, 0.25) is 0 Å². The first kappa shape index (κ1) is 27.8. The molecule has 5 nitrogen and oxygen atoms in total. The fraction of sp³-hybridized carbons (Fsp3) is 0.310. The molecule has 0 aliphatic heterocycles. The van der Waals surface area contributed by atoms with E-state index in [-0.39, 0.29) is 24.7 Å². The number of rotatable bonds is 10. The lowest BCUT2D eigenvalue weighted by atomic mass is 10.1. The molecule has 2 N–H and O–H groups in total. The number of halogens is 3. The number of carbonyl (C=O) groups is 2. The third kappa shape index (κ3) is 8.37. The molecular weight excluding hydrogens is 479 g/mol. The van der Waals surface area contributed by atoms with Crippen molar-refractivity contribution in [3.8, 4) is 0 Å². The van der Waals surface area contributed by atoms with E-state index >= 15 is 0 Å². The van der Waals surface area contributed by atoms with E-state index in [1.807, 2.05) is 25.1 Å². The second-order valence-electron chi connectivity index (χ2n) is 8.91. The average molecular weight is 512 g/mol. The number of carbonyl (C=O) groups excluding carboxylic acids is 2. The molecule has 0 spiro atoms. The zero-order valence-corrected chi connectivity index (χ0v) is 21.1. The highest BCUT2D eigenvalue weighted by molar-refractivity contribution is 6.01. The minimum absolute atomic E-state index is 0.106. The number of aryl methyl sites for hydroxylation is 2. The van der Waals surface area contributed by atoms with Gasteiger partial charge in [-0.05, 0) is 79.8 Å². The Morgan fingerprint density at radius 2 is 1.65 bits per heavy atom. The number of nitrogens with zero attached hydrogens (tertiary/aromatic N) is 1. The summed E-state index contributed by atoms with van der Waals surface area (Å²) < 4.78 is 39.9. The maximum absolute atomic E-state index is 13.3. The molecule has 0 unspecified atom stereocenters. The van der Waals surface area contributed by atoms with E-state index in [0.717, 1.165) is 37.0 Å². The molecule has 0 bridgehead atoms. The minimum atomic E-state index is -4.53. The van der Waals surface area contributed by atoms with Crippen LogP contribution >= 0.6 is 0 Å². The molecule has 0 aromatic heterocycles. The lowest BCUT2D eigenvalue weighted by Gasteiger charge is -2.24. The summed E-state index contributed by atoms with van der Waals surface area (Å²) in [4.78, 5) is 26.9. The van der Waals surface area contributed by atoms with Gasteiger partial charge in [0.1, 0.15) is 0 Å². The van der Waals surface area contributed by atoms with E-state index in [1.165, 1.54) is 22.6 Å². The van der Waals surface area contributed by atoms with Crippen LogP contribution in [0, 0.1) is 6.92 Å². The number of amides is 3. The van der Waals surface area contributed by atoms with Crippen LogP contribution in [0.4, 0.5) is 29.3 Å². The highest BCUT2D eigenvalue weighted by atomic mass is 19.4. The molecule has 196 valence electrons. The number of urea groups is 1. The van der Waals surface area contributed by atoms with Crippen molar-refractivity contribution in [3.05, 3.63) is 95.1 Å². The van der Waals surface area contributed by atoms with Gasteiger partial charge in [0.15, 0.2) is 0 Å². The van der Waals surface area contributed by atoms with Crippen molar-refractivity contribution < 1.29 is 22.8 Å². The predicted molar refractivity (Wildman–Crippen MR) is 141 cm³/mol. The van der Waals surface area contributed by atoms with Crippen LogP contribution in [0.3, 0.4) is 0 Å². The maximum Gasteiger partial charge on any atom is 0.416 e. The minimum Gasteiger partial charge on any atom is -0.352 e. The Balaban J connectivity index is 1.66. The Morgan fingerprint density at radius 3 is 2.32 bits per heavy atom. The molecule has 3 aromatic rings. The van der Waals surface area contributed by atoms with Gasteiger partial charge in [-0.15, -0.1) is 0 Å². The van der Waals surface area contributed by atoms with Gasteiger partial charge in [0.05, 0.1) is 5.56 Å². The van der Waals surface area contributed by atoms with Crippen molar-refractivity contribution in [1.82, 2.24) is 5.32 Å². The van der Waals surface area contributed by atoms with Gasteiger partial charge in [-0.3, -0.25) is 9.69 Å². The van der Waals surface area contributed by atoms with E-state index < -0.39 is 17.8 Å². The largest absolute Gasteiger partial charge is 0.416 e. The first-order chi connectivity index (χ1) is 17.7. The Labute approximate surface area is 215 Å². The number of anilines is 2. The van der Waals surface area contributed by atoms with Crippen molar-refractivity contribution in [2.45, 2.75) is 45.7 Å². The zero-order chi connectivity index (χ0) is 26.8. The third-order valence-electron chi connectivity index (χ3n) is 5.88. The van der Waals surface area contributed by atoms with E-state index in [0.29, 0.717) is 17.7 Å². The van der Waals surface area contributed by atoms with Crippen LogP contribution in [-0.4, -0.2) is 25.0 Å². The van der Waals surface area contributed by atoms with E-state index in [9.17, 15) is 22.8 Å². The van der Waals surface area contributed by atoms with Crippen LogP contribution in [-0.2, 0) is 12.6 Å². The van der Waals surface area contributed by atoms with Gasteiger partial charge in [0.25, 0.3) is 5.91 Å². The monoisotopic (exact) mass is 511 g/mol. The van der Waals surface area contributed by atoms with E-state index in [1.54, 1.807) is 30.3 Å². The summed E-state index contributed by atoms with van der Waals surface area (Å²) in [5, 5.41) is 5.58. The first-order valence-electron chi connectivity index (χ1n) is 12.4. The summed E-state index contributed by atoms with van der Waals surface area (Å²) in [5.41, 5.74) is 2.46. The van der Waals surface area contributed by atoms with Crippen molar-refractivity contribution >= 4 is 23.3 Å². The maximum atomic E-state index is 13.3. The molecule has 0 heterocycles. The molecule has 0 saturated heterocycles. The molecule has 3 aromatic carbocycles. The Hall–Kier alpha value is -3.81. The average Bonchev–Trinajstić information content (AvgIpc) is 2.87. The highest BCUT2D eigenvalue weighted by Gasteiger charge is 2.31. The van der Waals surface area contributed by atoms with Crippen molar-refractivity contribution in [3.63, 3.8) is 0 Å². The highest BCUT2D eigenvalue weighted by Crippen LogP contribution is 2.32. The van der Waals surface area contributed by atoms with Crippen LogP contribution in [0.1, 0.15) is 53.2 Å². The standard InChI is InChI=1S/C29H32F3N3O2/c1-3-4-9-22-13-15-23(16-14-22)27(36)33-17-7-18-35(26-12-6-10-24(20-26)29(30,31)32)28(37)34-25-11-5-8-21(2)19-25/h5-6,8,10-16,19-20H,3-4,7,9,17-18H2,1-2H3,(H,33,36)(H,34,37). The normalized spacial score (nSPS) is 11.2. The summed E-state index contributed by atoms with van der Waals surface area (Å²) in [6.45, 7) is 4.36. The Bertz CT molecular complexity index is 1190. The molecule has 37 heavy (non-hydrogen) atoms. The molecule has 0 atom stereocenters. The lowest BCUT2D eigenvalue weighted by molar-refractivity contribution is -0.137.